The van der Waals surface area contributed by atoms with Crippen LogP contribution in [0.5, 0.6) is 0 Å². The van der Waals surface area contributed by atoms with Crippen molar-refractivity contribution in [2.45, 2.75) is 70.4 Å². The van der Waals surface area contributed by atoms with Crippen LogP contribution >= 0.6 is 11.6 Å². The van der Waals surface area contributed by atoms with Gasteiger partial charge in [0, 0.05) is 18.0 Å². The van der Waals surface area contributed by atoms with Crippen molar-refractivity contribution in [3.63, 3.8) is 0 Å². The molecular formula is C12H24ClN. The highest BCUT2D eigenvalue weighted by molar-refractivity contribution is 6.17. The molecule has 0 bridgehead atoms. The van der Waals surface area contributed by atoms with Gasteiger partial charge in [0.05, 0.1) is 0 Å². The topological polar surface area (TPSA) is 12.0 Å². The first-order valence-electron chi connectivity index (χ1n) is 6.18. The van der Waals surface area contributed by atoms with Gasteiger partial charge in [-0.05, 0) is 25.7 Å². The van der Waals surface area contributed by atoms with Gasteiger partial charge in [-0.1, -0.05) is 32.6 Å². The first-order chi connectivity index (χ1) is 6.86. The minimum absolute atomic E-state index is 0.649. The Kier molecular flexibility index (Phi) is 6.63. The fraction of sp³-hybridized carbons (Fsp3) is 1.00. The molecule has 14 heavy (non-hydrogen) atoms. The van der Waals surface area contributed by atoms with Gasteiger partial charge < -0.3 is 5.32 Å². The number of hydrogen-bond acceptors (Lipinski definition) is 1. The summed E-state index contributed by atoms with van der Waals surface area (Å²) in [4.78, 5) is 0. The van der Waals surface area contributed by atoms with Crippen LogP contribution in [-0.4, -0.2) is 18.0 Å². The second-order valence-electron chi connectivity index (χ2n) is 4.44. The van der Waals surface area contributed by atoms with Crippen LogP contribution in [0.3, 0.4) is 0 Å². The molecular weight excluding hydrogens is 194 g/mol. The number of halogens is 1. The predicted octanol–water partition coefficient (Wildman–Crippen LogP) is 3.71. The van der Waals surface area contributed by atoms with Crippen LogP contribution in [0.25, 0.3) is 0 Å². The average Bonchev–Trinajstić information content (AvgIpc) is 2.45. The maximum Gasteiger partial charge on any atom is 0.0238 e. The van der Waals surface area contributed by atoms with E-state index in [9.17, 15) is 0 Å². The van der Waals surface area contributed by atoms with Gasteiger partial charge in [0.2, 0.25) is 0 Å². The summed E-state index contributed by atoms with van der Waals surface area (Å²) in [7, 11) is 0. The number of alkyl halides is 1. The number of rotatable bonds is 5. The van der Waals surface area contributed by atoms with Crippen LogP contribution in [0.15, 0.2) is 0 Å². The summed E-state index contributed by atoms with van der Waals surface area (Å²) in [5.74, 6) is 0.790. The van der Waals surface area contributed by atoms with E-state index in [4.69, 9.17) is 11.6 Å². The smallest absolute Gasteiger partial charge is 0.0238 e. The fourth-order valence-electron chi connectivity index (χ4n) is 2.32. The molecule has 0 aromatic heterocycles. The zero-order chi connectivity index (χ0) is 10.2. The highest BCUT2D eigenvalue weighted by Gasteiger charge is 2.15. The fourth-order valence-corrected chi connectivity index (χ4v) is 2.58. The van der Waals surface area contributed by atoms with E-state index in [1.165, 1.54) is 44.9 Å². The minimum Gasteiger partial charge on any atom is -0.311 e. The second kappa shape index (κ2) is 7.53. The van der Waals surface area contributed by atoms with E-state index in [1.54, 1.807) is 0 Å². The molecule has 1 saturated carbocycles. The molecule has 0 spiro atoms. The Morgan fingerprint density at radius 2 is 1.86 bits per heavy atom. The summed E-state index contributed by atoms with van der Waals surface area (Å²) in [6.07, 6.45) is 10.8. The van der Waals surface area contributed by atoms with Gasteiger partial charge in [-0.2, -0.15) is 0 Å². The number of nitrogens with one attached hydrogen (secondary N) is 1. The van der Waals surface area contributed by atoms with E-state index >= 15 is 0 Å². The van der Waals surface area contributed by atoms with Gasteiger partial charge in [0.25, 0.3) is 0 Å². The van der Waals surface area contributed by atoms with Gasteiger partial charge in [-0.15, -0.1) is 11.6 Å². The molecule has 1 rings (SSSR count). The summed E-state index contributed by atoms with van der Waals surface area (Å²) in [6, 6.07) is 1.42. The van der Waals surface area contributed by atoms with Gasteiger partial charge in [0.1, 0.15) is 0 Å². The van der Waals surface area contributed by atoms with Crippen molar-refractivity contribution in [3.8, 4) is 0 Å². The van der Waals surface area contributed by atoms with Crippen LogP contribution < -0.4 is 5.32 Å². The molecule has 84 valence electrons. The van der Waals surface area contributed by atoms with Crippen molar-refractivity contribution in [1.82, 2.24) is 5.32 Å². The molecule has 0 heterocycles. The molecule has 0 saturated heterocycles. The van der Waals surface area contributed by atoms with Crippen molar-refractivity contribution in [1.29, 1.82) is 0 Å². The maximum absolute atomic E-state index is 5.78. The molecule has 0 aromatic rings. The predicted molar refractivity (Wildman–Crippen MR) is 64.0 cm³/mol. The quantitative estimate of drug-likeness (QED) is 0.547. The number of hydrogen-bond donors (Lipinski definition) is 1. The van der Waals surface area contributed by atoms with E-state index in [0.29, 0.717) is 6.04 Å². The molecule has 2 heteroatoms. The van der Waals surface area contributed by atoms with Crippen molar-refractivity contribution < 1.29 is 0 Å². The SMILES string of the molecule is CCC(CCCl)NC1CCCCCC1. The Balaban J connectivity index is 2.24. The Hall–Kier alpha value is 0.250. The molecule has 1 nitrogen and oxygen atoms in total. The minimum atomic E-state index is 0.649. The summed E-state index contributed by atoms with van der Waals surface area (Å²) in [5, 5.41) is 3.76. The first kappa shape index (κ1) is 12.3. The van der Waals surface area contributed by atoms with Gasteiger partial charge in [0.15, 0.2) is 0 Å². The van der Waals surface area contributed by atoms with E-state index in [0.717, 1.165) is 18.3 Å². The Morgan fingerprint density at radius 1 is 1.21 bits per heavy atom. The first-order valence-corrected chi connectivity index (χ1v) is 6.72. The summed E-state index contributed by atoms with van der Waals surface area (Å²) < 4.78 is 0. The summed E-state index contributed by atoms with van der Waals surface area (Å²) >= 11 is 5.78. The molecule has 0 amide bonds. The van der Waals surface area contributed by atoms with E-state index in [2.05, 4.69) is 12.2 Å². The highest BCUT2D eigenvalue weighted by Crippen LogP contribution is 2.18. The molecule has 0 aromatic carbocycles. The summed E-state index contributed by atoms with van der Waals surface area (Å²) in [6.45, 7) is 2.25. The van der Waals surface area contributed by atoms with E-state index in [1.807, 2.05) is 0 Å². The highest BCUT2D eigenvalue weighted by atomic mass is 35.5. The van der Waals surface area contributed by atoms with Crippen molar-refractivity contribution in [3.05, 3.63) is 0 Å². The van der Waals surface area contributed by atoms with Crippen LogP contribution in [0.4, 0.5) is 0 Å². The molecule has 1 atom stereocenters. The lowest BCUT2D eigenvalue weighted by Gasteiger charge is -2.23. The van der Waals surface area contributed by atoms with Gasteiger partial charge in [-0.3, -0.25) is 0 Å². The molecule has 0 aliphatic heterocycles. The van der Waals surface area contributed by atoms with Crippen LogP contribution in [0.2, 0.25) is 0 Å². The zero-order valence-electron chi connectivity index (χ0n) is 9.40. The molecule has 1 aliphatic rings. The van der Waals surface area contributed by atoms with E-state index in [-0.39, 0.29) is 0 Å². The van der Waals surface area contributed by atoms with E-state index < -0.39 is 0 Å². The van der Waals surface area contributed by atoms with Crippen LogP contribution in [0.1, 0.15) is 58.3 Å². The normalized spacial score (nSPS) is 21.9. The zero-order valence-corrected chi connectivity index (χ0v) is 10.2. The lowest BCUT2D eigenvalue weighted by molar-refractivity contribution is 0.379. The third-order valence-electron chi connectivity index (χ3n) is 3.28. The van der Waals surface area contributed by atoms with Crippen molar-refractivity contribution in [2.24, 2.45) is 0 Å². The summed E-state index contributed by atoms with van der Waals surface area (Å²) in [5.41, 5.74) is 0. The van der Waals surface area contributed by atoms with Crippen LogP contribution in [-0.2, 0) is 0 Å². The largest absolute Gasteiger partial charge is 0.311 e. The van der Waals surface area contributed by atoms with Crippen LogP contribution in [0, 0.1) is 0 Å². The Morgan fingerprint density at radius 3 is 2.36 bits per heavy atom. The lowest BCUT2D eigenvalue weighted by atomic mass is 10.1. The maximum atomic E-state index is 5.78. The van der Waals surface area contributed by atoms with Crippen molar-refractivity contribution >= 4 is 11.6 Å². The Bertz CT molecular complexity index is 130. The standard InChI is InChI=1S/C12H24ClN/c1-2-11(9-10-13)14-12-7-5-3-4-6-8-12/h11-12,14H,2-10H2,1H3. The molecule has 1 aliphatic carbocycles. The second-order valence-corrected chi connectivity index (χ2v) is 4.82. The molecule has 0 radical (unpaired) electrons. The molecule has 1 N–H and O–H groups in total. The Labute approximate surface area is 93.6 Å². The van der Waals surface area contributed by atoms with Gasteiger partial charge in [-0.25, -0.2) is 0 Å². The van der Waals surface area contributed by atoms with Crippen molar-refractivity contribution in [2.75, 3.05) is 5.88 Å². The third-order valence-corrected chi connectivity index (χ3v) is 3.50. The monoisotopic (exact) mass is 217 g/mol. The van der Waals surface area contributed by atoms with Gasteiger partial charge >= 0.3 is 0 Å². The average molecular weight is 218 g/mol. The molecule has 1 fully saturated rings. The molecule has 1 unspecified atom stereocenters. The third kappa shape index (κ3) is 4.65. The lowest BCUT2D eigenvalue weighted by Crippen LogP contribution is -2.37.